The number of halogens is 2. The van der Waals surface area contributed by atoms with Crippen molar-refractivity contribution in [3.8, 4) is 0 Å². The molecule has 2 rings (SSSR count). The zero-order chi connectivity index (χ0) is 12.6. The molecule has 0 aromatic heterocycles. The van der Waals surface area contributed by atoms with Gasteiger partial charge >= 0.3 is 0 Å². The summed E-state index contributed by atoms with van der Waals surface area (Å²) in [5, 5.41) is 4.88. The lowest BCUT2D eigenvalue weighted by Gasteiger charge is -2.21. The summed E-state index contributed by atoms with van der Waals surface area (Å²) in [6.07, 6.45) is 1.24. The van der Waals surface area contributed by atoms with Gasteiger partial charge in [-0.05, 0) is 35.9 Å². The van der Waals surface area contributed by atoms with E-state index in [1.807, 2.05) is 12.1 Å². The minimum Gasteiger partial charge on any atom is -0.310 e. The molecule has 2 unspecified atom stereocenters. The van der Waals surface area contributed by atoms with E-state index in [-0.39, 0.29) is 0 Å². The first kappa shape index (κ1) is 13.2. The minimum atomic E-state index is 0.321. The van der Waals surface area contributed by atoms with E-state index in [4.69, 9.17) is 23.2 Å². The fourth-order valence-electron chi connectivity index (χ4n) is 2.53. The van der Waals surface area contributed by atoms with Crippen LogP contribution in [0.25, 0.3) is 0 Å². The third kappa shape index (κ3) is 2.62. The van der Waals surface area contributed by atoms with Crippen LogP contribution < -0.4 is 5.32 Å². The summed E-state index contributed by atoms with van der Waals surface area (Å²) < 4.78 is 0. The number of hydrogen-bond acceptors (Lipinski definition) is 1. The Balaban J connectivity index is 2.30. The van der Waals surface area contributed by atoms with E-state index in [0.717, 1.165) is 12.1 Å². The summed E-state index contributed by atoms with van der Waals surface area (Å²) in [7, 11) is 0. The molecule has 1 aromatic rings. The van der Waals surface area contributed by atoms with E-state index in [9.17, 15) is 0 Å². The molecular formula is C14H19Cl2N. The van der Waals surface area contributed by atoms with Gasteiger partial charge in [0.1, 0.15) is 0 Å². The Hall–Kier alpha value is -0.240. The molecule has 0 bridgehead atoms. The SMILES string of the molecule is CCNC(c1cccc(Cl)c1Cl)C1CC1(C)C. The number of rotatable bonds is 4. The minimum absolute atomic E-state index is 0.321. The Morgan fingerprint density at radius 3 is 2.59 bits per heavy atom. The molecule has 94 valence electrons. The van der Waals surface area contributed by atoms with Crippen molar-refractivity contribution in [3.05, 3.63) is 33.8 Å². The van der Waals surface area contributed by atoms with Crippen molar-refractivity contribution in [1.82, 2.24) is 5.32 Å². The second kappa shape index (κ2) is 4.79. The predicted octanol–water partition coefficient (Wildman–Crippen LogP) is 4.69. The van der Waals surface area contributed by atoms with Gasteiger partial charge in [0, 0.05) is 6.04 Å². The molecule has 2 atom stereocenters. The molecule has 1 aliphatic rings. The largest absolute Gasteiger partial charge is 0.310 e. The van der Waals surface area contributed by atoms with E-state index < -0.39 is 0 Å². The lowest BCUT2D eigenvalue weighted by atomic mass is 9.97. The fourth-order valence-corrected chi connectivity index (χ4v) is 2.95. The Kier molecular flexibility index (Phi) is 3.72. The highest BCUT2D eigenvalue weighted by Crippen LogP contribution is 2.58. The monoisotopic (exact) mass is 271 g/mol. The van der Waals surface area contributed by atoms with Crippen LogP contribution in [0, 0.1) is 11.3 Å². The molecule has 0 heterocycles. The van der Waals surface area contributed by atoms with E-state index in [0.29, 0.717) is 27.4 Å². The van der Waals surface area contributed by atoms with Gasteiger partial charge < -0.3 is 5.32 Å². The van der Waals surface area contributed by atoms with Crippen molar-refractivity contribution in [2.75, 3.05) is 6.54 Å². The quantitative estimate of drug-likeness (QED) is 0.838. The van der Waals surface area contributed by atoms with E-state index in [2.05, 4.69) is 32.2 Å². The van der Waals surface area contributed by atoms with Crippen LogP contribution >= 0.6 is 23.2 Å². The van der Waals surface area contributed by atoms with Gasteiger partial charge in [-0.2, -0.15) is 0 Å². The maximum atomic E-state index is 6.32. The molecule has 0 amide bonds. The highest BCUT2D eigenvalue weighted by atomic mass is 35.5. The highest BCUT2D eigenvalue weighted by molar-refractivity contribution is 6.42. The van der Waals surface area contributed by atoms with Gasteiger partial charge in [-0.25, -0.2) is 0 Å². The number of benzene rings is 1. The standard InChI is InChI=1S/C14H19Cl2N/c1-4-17-13(10-8-14(10,2)3)9-6-5-7-11(15)12(9)16/h5-7,10,13,17H,4,8H2,1-3H3. The van der Waals surface area contributed by atoms with Crippen molar-refractivity contribution in [2.24, 2.45) is 11.3 Å². The van der Waals surface area contributed by atoms with Gasteiger partial charge in [-0.3, -0.25) is 0 Å². The lowest BCUT2D eigenvalue weighted by molar-refractivity contribution is 0.423. The highest BCUT2D eigenvalue weighted by Gasteiger charge is 2.50. The van der Waals surface area contributed by atoms with Gasteiger partial charge in [0.25, 0.3) is 0 Å². The van der Waals surface area contributed by atoms with Crippen molar-refractivity contribution in [1.29, 1.82) is 0 Å². The van der Waals surface area contributed by atoms with Crippen LogP contribution in [-0.2, 0) is 0 Å². The fraction of sp³-hybridized carbons (Fsp3) is 0.571. The summed E-state index contributed by atoms with van der Waals surface area (Å²) in [4.78, 5) is 0. The van der Waals surface area contributed by atoms with Crippen LogP contribution in [-0.4, -0.2) is 6.54 Å². The molecule has 1 saturated carbocycles. The average Bonchev–Trinajstić information content (AvgIpc) is 2.89. The van der Waals surface area contributed by atoms with E-state index >= 15 is 0 Å². The third-order valence-electron chi connectivity index (χ3n) is 3.73. The first-order valence-electron chi connectivity index (χ1n) is 6.14. The van der Waals surface area contributed by atoms with Crippen molar-refractivity contribution in [2.45, 2.75) is 33.2 Å². The first-order valence-corrected chi connectivity index (χ1v) is 6.90. The summed E-state index contributed by atoms with van der Waals surface area (Å²) in [6.45, 7) is 7.68. The van der Waals surface area contributed by atoms with Gasteiger partial charge in [0.15, 0.2) is 0 Å². The van der Waals surface area contributed by atoms with Crippen LogP contribution in [0.2, 0.25) is 10.0 Å². The topological polar surface area (TPSA) is 12.0 Å². The van der Waals surface area contributed by atoms with Gasteiger partial charge in [-0.1, -0.05) is 56.1 Å². The van der Waals surface area contributed by atoms with E-state index in [1.54, 1.807) is 0 Å². The number of hydrogen-bond donors (Lipinski definition) is 1. The Morgan fingerprint density at radius 2 is 2.06 bits per heavy atom. The molecule has 3 heteroatoms. The van der Waals surface area contributed by atoms with Crippen LogP contribution in [0.3, 0.4) is 0 Å². The molecule has 17 heavy (non-hydrogen) atoms. The summed E-state index contributed by atoms with van der Waals surface area (Å²) in [5.41, 5.74) is 1.55. The molecule has 0 saturated heterocycles. The smallest absolute Gasteiger partial charge is 0.0640 e. The molecule has 0 radical (unpaired) electrons. The van der Waals surface area contributed by atoms with Crippen molar-refractivity contribution in [3.63, 3.8) is 0 Å². The second-order valence-corrected chi connectivity index (χ2v) is 6.26. The van der Waals surface area contributed by atoms with Gasteiger partial charge in [0.05, 0.1) is 10.0 Å². The predicted molar refractivity (Wildman–Crippen MR) is 74.8 cm³/mol. The first-order chi connectivity index (χ1) is 7.97. The Labute approximate surface area is 114 Å². The summed E-state index contributed by atoms with van der Waals surface area (Å²) in [6, 6.07) is 6.22. The Bertz CT molecular complexity index is 415. The van der Waals surface area contributed by atoms with Crippen LogP contribution in [0.1, 0.15) is 38.8 Å². The number of nitrogens with one attached hydrogen (secondary N) is 1. The average molecular weight is 272 g/mol. The summed E-state index contributed by atoms with van der Waals surface area (Å²) in [5.74, 6) is 0.651. The zero-order valence-electron chi connectivity index (χ0n) is 10.6. The lowest BCUT2D eigenvalue weighted by Crippen LogP contribution is -2.24. The third-order valence-corrected chi connectivity index (χ3v) is 4.57. The maximum Gasteiger partial charge on any atom is 0.0640 e. The zero-order valence-corrected chi connectivity index (χ0v) is 12.1. The molecule has 1 nitrogen and oxygen atoms in total. The molecule has 0 aliphatic heterocycles. The van der Waals surface area contributed by atoms with Crippen molar-refractivity contribution >= 4 is 23.2 Å². The van der Waals surface area contributed by atoms with Crippen LogP contribution in [0.4, 0.5) is 0 Å². The normalized spacial score (nSPS) is 23.5. The maximum absolute atomic E-state index is 6.32. The molecule has 0 spiro atoms. The van der Waals surface area contributed by atoms with Gasteiger partial charge in [0.2, 0.25) is 0 Å². The summed E-state index contributed by atoms with van der Waals surface area (Å²) >= 11 is 12.4. The van der Waals surface area contributed by atoms with E-state index in [1.165, 1.54) is 6.42 Å². The molecule has 1 aromatic carbocycles. The van der Waals surface area contributed by atoms with Crippen LogP contribution in [0.5, 0.6) is 0 Å². The molecule has 1 fully saturated rings. The molecule has 1 aliphatic carbocycles. The molecule has 1 N–H and O–H groups in total. The van der Waals surface area contributed by atoms with Gasteiger partial charge in [-0.15, -0.1) is 0 Å². The Morgan fingerprint density at radius 1 is 1.41 bits per heavy atom. The van der Waals surface area contributed by atoms with Crippen molar-refractivity contribution < 1.29 is 0 Å². The van der Waals surface area contributed by atoms with Crippen LogP contribution in [0.15, 0.2) is 18.2 Å². The molecular weight excluding hydrogens is 253 g/mol. The second-order valence-electron chi connectivity index (χ2n) is 5.48.